The van der Waals surface area contributed by atoms with Crippen molar-refractivity contribution in [3.05, 3.63) is 62.9 Å². The van der Waals surface area contributed by atoms with Gasteiger partial charge in [0, 0.05) is 17.8 Å². The van der Waals surface area contributed by atoms with E-state index in [-0.39, 0.29) is 27.7 Å². The lowest BCUT2D eigenvalue weighted by molar-refractivity contribution is 0.559. The molecule has 7 heteroatoms. The van der Waals surface area contributed by atoms with Crippen molar-refractivity contribution in [2.75, 3.05) is 5.32 Å². The molecular formula is C14H7Cl2F3N2. The molecule has 0 saturated heterocycles. The fourth-order valence-corrected chi connectivity index (χ4v) is 2.17. The number of anilines is 1. The zero-order valence-electron chi connectivity index (χ0n) is 10.4. The van der Waals surface area contributed by atoms with Crippen LogP contribution in [0.2, 0.25) is 10.0 Å². The molecule has 1 N–H and O–H groups in total. The SMILES string of the molecule is N#Cc1cc(F)c(CNc2cc(Cl)c(F)c(Cl)c2)c(F)c1. The lowest BCUT2D eigenvalue weighted by Crippen LogP contribution is -2.05. The number of nitrogens with zero attached hydrogens (tertiary/aromatic N) is 1. The zero-order valence-corrected chi connectivity index (χ0v) is 11.9. The normalized spacial score (nSPS) is 10.3. The molecule has 0 unspecified atom stereocenters. The monoisotopic (exact) mass is 330 g/mol. The number of hydrogen-bond donors (Lipinski definition) is 1. The van der Waals surface area contributed by atoms with Crippen LogP contribution in [0, 0.1) is 28.8 Å². The average Bonchev–Trinajstić information content (AvgIpc) is 2.43. The molecule has 0 radical (unpaired) electrons. The van der Waals surface area contributed by atoms with Crippen molar-refractivity contribution in [1.82, 2.24) is 0 Å². The van der Waals surface area contributed by atoms with Crippen LogP contribution in [0.5, 0.6) is 0 Å². The van der Waals surface area contributed by atoms with Crippen LogP contribution >= 0.6 is 23.2 Å². The summed E-state index contributed by atoms with van der Waals surface area (Å²) in [6.07, 6.45) is 0. The van der Waals surface area contributed by atoms with E-state index >= 15 is 0 Å². The van der Waals surface area contributed by atoms with E-state index in [1.807, 2.05) is 0 Å². The van der Waals surface area contributed by atoms with Crippen molar-refractivity contribution in [3.63, 3.8) is 0 Å². The Morgan fingerprint density at radius 2 is 1.52 bits per heavy atom. The van der Waals surface area contributed by atoms with Crippen LogP contribution in [-0.4, -0.2) is 0 Å². The fraction of sp³-hybridized carbons (Fsp3) is 0.0714. The van der Waals surface area contributed by atoms with E-state index in [1.165, 1.54) is 12.1 Å². The molecule has 2 rings (SSSR count). The highest BCUT2D eigenvalue weighted by atomic mass is 35.5. The number of halogens is 5. The smallest absolute Gasteiger partial charge is 0.160 e. The van der Waals surface area contributed by atoms with Gasteiger partial charge >= 0.3 is 0 Å². The third-order valence-electron chi connectivity index (χ3n) is 2.72. The molecule has 0 aliphatic carbocycles. The van der Waals surface area contributed by atoms with Gasteiger partial charge in [-0.05, 0) is 24.3 Å². The van der Waals surface area contributed by atoms with E-state index in [9.17, 15) is 13.2 Å². The summed E-state index contributed by atoms with van der Waals surface area (Å²) in [6.45, 7) is -0.207. The molecular weight excluding hydrogens is 324 g/mol. The first-order valence-corrected chi connectivity index (χ1v) is 6.44. The first-order chi connectivity index (χ1) is 9.92. The molecule has 21 heavy (non-hydrogen) atoms. The molecule has 0 fully saturated rings. The number of benzene rings is 2. The van der Waals surface area contributed by atoms with E-state index in [4.69, 9.17) is 28.5 Å². The predicted octanol–water partition coefficient (Wildman–Crippen LogP) is 4.89. The van der Waals surface area contributed by atoms with E-state index < -0.39 is 17.5 Å². The van der Waals surface area contributed by atoms with Gasteiger partial charge in [0.25, 0.3) is 0 Å². The second-order valence-electron chi connectivity index (χ2n) is 4.14. The Bertz CT molecular complexity index is 695. The third kappa shape index (κ3) is 3.41. The molecule has 0 atom stereocenters. The summed E-state index contributed by atoms with van der Waals surface area (Å²) in [6, 6.07) is 6.03. The van der Waals surface area contributed by atoms with Gasteiger partial charge in [-0.2, -0.15) is 5.26 Å². The summed E-state index contributed by atoms with van der Waals surface area (Å²) in [4.78, 5) is 0. The van der Waals surface area contributed by atoms with Crippen molar-refractivity contribution >= 4 is 28.9 Å². The van der Waals surface area contributed by atoms with Crippen LogP contribution in [0.15, 0.2) is 24.3 Å². The van der Waals surface area contributed by atoms with Crippen molar-refractivity contribution in [2.45, 2.75) is 6.54 Å². The van der Waals surface area contributed by atoms with Gasteiger partial charge in [0.2, 0.25) is 0 Å². The summed E-state index contributed by atoms with van der Waals surface area (Å²) < 4.78 is 40.6. The largest absolute Gasteiger partial charge is 0.381 e. The molecule has 108 valence electrons. The summed E-state index contributed by atoms with van der Waals surface area (Å²) >= 11 is 11.2. The molecule has 0 heterocycles. The topological polar surface area (TPSA) is 35.8 Å². The van der Waals surface area contributed by atoms with Crippen LogP contribution < -0.4 is 5.32 Å². The van der Waals surface area contributed by atoms with E-state index in [0.717, 1.165) is 12.1 Å². The Morgan fingerprint density at radius 1 is 1.00 bits per heavy atom. The van der Waals surface area contributed by atoms with Crippen molar-refractivity contribution in [1.29, 1.82) is 5.26 Å². The van der Waals surface area contributed by atoms with Crippen LogP contribution in [0.25, 0.3) is 0 Å². The van der Waals surface area contributed by atoms with Crippen molar-refractivity contribution in [2.24, 2.45) is 0 Å². The molecule has 2 aromatic rings. The van der Waals surface area contributed by atoms with Crippen molar-refractivity contribution < 1.29 is 13.2 Å². The van der Waals surface area contributed by atoms with Crippen molar-refractivity contribution in [3.8, 4) is 6.07 Å². The minimum absolute atomic E-state index is 0.110. The van der Waals surface area contributed by atoms with Gasteiger partial charge in [-0.1, -0.05) is 23.2 Å². The van der Waals surface area contributed by atoms with Crippen LogP contribution in [0.4, 0.5) is 18.9 Å². The van der Waals surface area contributed by atoms with E-state index in [1.54, 1.807) is 6.07 Å². The van der Waals surface area contributed by atoms with Gasteiger partial charge in [-0.3, -0.25) is 0 Å². The molecule has 0 spiro atoms. The molecule has 0 aliphatic rings. The number of rotatable bonds is 3. The Kier molecular flexibility index (Phi) is 4.61. The zero-order chi connectivity index (χ0) is 15.6. The van der Waals surface area contributed by atoms with Gasteiger partial charge in [0.15, 0.2) is 5.82 Å². The summed E-state index contributed by atoms with van der Waals surface area (Å²) in [5, 5.41) is 10.9. The van der Waals surface area contributed by atoms with Gasteiger partial charge in [-0.15, -0.1) is 0 Å². The number of nitriles is 1. The molecule has 2 aromatic carbocycles. The quantitative estimate of drug-likeness (QED) is 0.813. The molecule has 0 saturated carbocycles. The first-order valence-electron chi connectivity index (χ1n) is 5.69. The highest BCUT2D eigenvalue weighted by Crippen LogP contribution is 2.28. The lowest BCUT2D eigenvalue weighted by atomic mass is 10.1. The lowest BCUT2D eigenvalue weighted by Gasteiger charge is -2.10. The standard InChI is InChI=1S/C14H7Cl2F3N2/c15-10-3-8(4-11(16)14(10)19)21-6-9-12(17)1-7(5-20)2-13(9)18/h1-4,21H,6H2. The molecule has 0 bridgehead atoms. The third-order valence-corrected chi connectivity index (χ3v) is 3.27. The molecule has 2 nitrogen and oxygen atoms in total. The van der Waals surface area contributed by atoms with Gasteiger partial charge in [0.05, 0.1) is 21.7 Å². The highest BCUT2D eigenvalue weighted by Gasteiger charge is 2.12. The Hall–Kier alpha value is -1.90. The Balaban J connectivity index is 2.23. The summed E-state index contributed by atoms with van der Waals surface area (Å²) in [5.74, 6) is -2.46. The average molecular weight is 331 g/mol. The number of nitrogens with one attached hydrogen (secondary N) is 1. The Labute approximate surface area is 128 Å². The number of hydrogen-bond acceptors (Lipinski definition) is 2. The van der Waals surface area contributed by atoms with E-state index in [2.05, 4.69) is 5.32 Å². The van der Waals surface area contributed by atoms with Gasteiger partial charge in [-0.25, -0.2) is 13.2 Å². The molecule has 0 aromatic heterocycles. The van der Waals surface area contributed by atoms with Crippen LogP contribution in [-0.2, 0) is 6.54 Å². The van der Waals surface area contributed by atoms with Crippen LogP contribution in [0.3, 0.4) is 0 Å². The minimum atomic E-state index is -0.849. The maximum Gasteiger partial charge on any atom is 0.160 e. The minimum Gasteiger partial charge on any atom is -0.381 e. The summed E-state index contributed by atoms with van der Waals surface area (Å²) in [7, 11) is 0. The van der Waals surface area contributed by atoms with Gasteiger partial charge < -0.3 is 5.32 Å². The first kappa shape index (κ1) is 15.5. The highest BCUT2D eigenvalue weighted by molar-refractivity contribution is 6.35. The van der Waals surface area contributed by atoms with Crippen LogP contribution in [0.1, 0.15) is 11.1 Å². The second-order valence-corrected chi connectivity index (χ2v) is 4.95. The van der Waals surface area contributed by atoms with Gasteiger partial charge in [0.1, 0.15) is 11.6 Å². The summed E-state index contributed by atoms with van der Waals surface area (Å²) in [5.41, 5.74) is -0.0400. The second kappa shape index (κ2) is 6.25. The molecule has 0 amide bonds. The molecule has 0 aliphatic heterocycles. The maximum absolute atomic E-state index is 13.7. The maximum atomic E-state index is 13.7. The van der Waals surface area contributed by atoms with E-state index in [0.29, 0.717) is 5.69 Å². The fourth-order valence-electron chi connectivity index (χ4n) is 1.68. The predicted molar refractivity (Wildman–Crippen MR) is 74.8 cm³/mol. The Morgan fingerprint density at radius 3 is 2.00 bits per heavy atom.